The highest BCUT2D eigenvalue weighted by Crippen LogP contribution is 2.27. The number of rotatable bonds is 2. The Morgan fingerprint density at radius 1 is 0.889 bits per heavy atom. The van der Waals surface area contributed by atoms with Gasteiger partial charge in [-0.05, 0) is 41.0 Å². The average molecular weight is 252 g/mol. The molecule has 92 valence electrons. The molecule has 0 aliphatic rings. The SMILES string of the molecule is FC(F)=Cc1ccc(F)cc1-c1cccc(F)c1. The molecule has 0 aromatic heterocycles. The minimum Gasteiger partial charge on any atom is -0.207 e. The fraction of sp³-hybridized carbons (Fsp3) is 0. The summed E-state index contributed by atoms with van der Waals surface area (Å²) in [6, 6.07) is 8.78. The quantitative estimate of drug-likeness (QED) is 0.669. The molecule has 0 spiro atoms. The maximum atomic E-state index is 13.2. The van der Waals surface area contributed by atoms with Gasteiger partial charge in [0, 0.05) is 6.08 Å². The first-order chi connectivity index (χ1) is 8.56. The van der Waals surface area contributed by atoms with Crippen LogP contribution in [-0.4, -0.2) is 0 Å². The van der Waals surface area contributed by atoms with E-state index in [9.17, 15) is 17.6 Å². The molecule has 0 nitrogen and oxygen atoms in total. The smallest absolute Gasteiger partial charge is 0.207 e. The lowest BCUT2D eigenvalue weighted by atomic mass is 9.99. The van der Waals surface area contributed by atoms with Crippen LogP contribution in [0.5, 0.6) is 0 Å². The Morgan fingerprint density at radius 3 is 2.28 bits per heavy atom. The van der Waals surface area contributed by atoms with Crippen LogP contribution in [0.4, 0.5) is 17.6 Å². The number of benzene rings is 2. The van der Waals surface area contributed by atoms with Gasteiger partial charge in [0.1, 0.15) is 11.6 Å². The number of hydrogen-bond acceptors (Lipinski definition) is 0. The van der Waals surface area contributed by atoms with Crippen molar-refractivity contribution in [3.63, 3.8) is 0 Å². The summed E-state index contributed by atoms with van der Waals surface area (Å²) in [5, 5.41) is 0. The van der Waals surface area contributed by atoms with Crippen molar-refractivity contribution in [1.82, 2.24) is 0 Å². The third kappa shape index (κ3) is 2.77. The summed E-state index contributed by atoms with van der Waals surface area (Å²) in [6.07, 6.45) is -1.26. The van der Waals surface area contributed by atoms with E-state index in [1.807, 2.05) is 0 Å². The van der Waals surface area contributed by atoms with Crippen molar-refractivity contribution in [2.75, 3.05) is 0 Å². The van der Waals surface area contributed by atoms with E-state index in [4.69, 9.17) is 0 Å². The third-order valence-corrected chi connectivity index (χ3v) is 2.42. The molecule has 4 heteroatoms. The van der Waals surface area contributed by atoms with Crippen LogP contribution in [-0.2, 0) is 0 Å². The highest BCUT2D eigenvalue weighted by Gasteiger charge is 2.07. The van der Waals surface area contributed by atoms with Gasteiger partial charge in [0.2, 0.25) is 0 Å². The molecule has 0 saturated heterocycles. The Morgan fingerprint density at radius 2 is 1.61 bits per heavy atom. The van der Waals surface area contributed by atoms with E-state index in [0.29, 0.717) is 11.6 Å². The molecule has 0 bridgehead atoms. The maximum Gasteiger partial charge on any atom is 0.270 e. The fourth-order valence-corrected chi connectivity index (χ4v) is 1.68. The van der Waals surface area contributed by atoms with Crippen LogP contribution in [0.3, 0.4) is 0 Å². The molecule has 2 aromatic rings. The van der Waals surface area contributed by atoms with Gasteiger partial charge in [0.15, 0.2) is 0 Å². The summed E-state index contributed by atoms with van der Waals surface area (Å²) in [4.78, 5) is 0. The number of hydrogen-bond donors (Lipinski definition) is 0. The molecule has 0 amide bonds. The third-order valence-electron chi connectivity index (χ3n) is 2.42. The van der Waals surface area contributed by atoms with Gasteiger partial charge in [0.05, 0.1) is 0 Å². The Hall–Kier alpha value is -2.10. The molecule has 0 unspecified atom stereocenters. The zero-order valence-corrected chi connectivity index (χ0v) is 9.13. The lowest BCUT2D eigenvalue weighted by molar-refractivity contribution is 0.429. The van der Waals surface area contributed by atoms with Crippen LogP contribution < -0.4 is 0 Å². The largest absolute Gasteiger partial charge is 0.270 e. The van der Waals surface area contributed by atoms with E-state index in [1.54, 1.807) is 0 Å². The van der Waals surface area contributed by atoms with Gasteiger partial charge < -0.3 is 0 Å². The summed E-state index contributed by atoms with van der Waals surface area (Å²) >= 11 is 0. The van der Waals surface area contributed by atoms with Crippen LogP contribution in [0.2, 0.25) is 0 Å². The molecular formula is C14H8F4. The minimum absolute atomic E-state index is 0.141. The summed E-state index contributed by atoms with van der Waals surface area (Å²) in [7, 11) is 0. The molecule has 2 rings (SSSR count). The van der Waals surface area contributed by atoms with Crippen molar-refractivity contribution in [3.05, 3.63) is 65.7 Å². The first-order valence-electron chi connectivity index (χ1n) is 5.14. The second-order valence-corrected chi connectivity index (χ2v) is 3.68. The first kappa shape index (κ1) is 12.4. The Kier molecular flexibility index (Phi) is 3.46. The monoisotopic (exact) mass is 252 g/mol. The highest BCUT2D eigenvalue weighted by atomic mass is 19.3. The van der Waals surface area contributed by atoms with Crippen LogP contribution in [0.1, 0.15) is 5.56 Å². The zero-order valence-electron chi connectivity index (χ0n) is 9.13. The van der Waals surface area contributed by atoms with Gasteiger partial charge in [-0.25, -0.2) is 8.78 Å². The van der Waals surface area contributed by atoms with E-state index in [-0.39, 0.29) is 11.1 Å². The second kappa shape index (κ2) is 5.04. The van der Waals surface area contributed by atoms with Gasteiger partial charge >= 0.3 is 0 Å². The maximum absolute atomic E-state index is 13.2. The molecule has 0 aliphatic carbocycles. The lowest BCUT2D eigenvalue weighted by Gasteiger charge is -2.06. The molecular weight excluding hydrogens is 244 g/mol. The standard InChI is InChI=1S/C14H8F4/c15-11-3-1-2-9(6-11)13-8-12(16)5-4-10(13)7-14(17)18/h1-8H. The predicted octanol–water partition coefficient (Wildman–Crippen LogP) is 4.87. The summed E-state index contributed by atoms with van der Waals surface area (Å²) in [5.74, 6) is -1.07. The molecule has 0 N–H and O–H groups in total. The van der Waals surface area contributed by atoms with Crippen molar-refractivity contribution >= 4 is 6.08 Å². The van der Waals surface area contributed by atoms with Gasteiger partial charge in [-0.2, -0.15) is 8.78 Å². The Bertz CT molecular complexity index is 598. The second-order valence-electron chi connectivity index (χ2n) is 3.68. The highest BCUT2D eigenvalue weighted by molar-refractivity contribution is 5.75. The van der Waals surface area contributed by atoms with Crippen molar-refractivity contribution in [3.8, 4) is 11.1 Å². The minimum atomic E-state index is -1.89. The fourth-order valence-electron chi connectivity index (χ4n) is 1.68. The first-order valence-corrected chi connectivity index (χ1v) is 5.14. The molecule has 0 aliphatic heterocycles. The van der Waals surface area contributed by atoms with E-state index >= 15 is 0 Å². The van der Waals surface area contributed by atoms with Crippen molar-refractivity contribution in [2.45, 2.75) is 0 Å². The normalized spacial score (nSPS) is 10.2. The van der Waals surface area contributed by atoms with Gasteiger partial charge in [-0.1, -0.05) is 18.2 Å². The van der Waals surface area contributed by atoms with Crippen molar-refractivity contribution in [1.29, 1.82) is 0 Å². The van der Waals surface area contributed by atoms with Crippen LogP contribution in [0.25, 0.3) is 17.2 Å². The van der Waals surface area contributed by atoms with Gasteiger partial charge in [-0.3, -0.25) is 0 Å². The molecule has 0 heterocycles. The van der Waals surface area contributed by atoms with Crippen LogP contribution in [0.15, 0.2) is 48.5 Å². The summed E-state index contributed by atoms with van der Waals surface area (Å²) in [6.45, 7) is 0. The zero-order chi connectivity index (χ0) is 13.1. The van der Waals surface area contributed by atoms with Gasteiger partial charge in [0.25, 0.3) is 6.08 Å². The Labute approximate surface area is 101 Å². The van der Waals surface area contributed by atoms with Crippen LogP contribution >= 0.6 is 0 Å². The van der Waals surface area contributed by atoms with Crippen molar-refractivity contribution < 1.29 is 17.6 Å². The topological polar surface area (TPSA) is 0 Å². The van der Waals surface area contributed by atoms with Gasteiger partial charge in [-0.15, -0.1) is 0 Å². The summed E-state index contributed by atoms with van der Waals surface area (Å²) in [5.41, 5.74) is 0.714. The average Bonchev–Trinajstić information content (AvgIpc) is 2.31. The molecule has 18 heavy (non-hydrogen) atoms. The lowest BCUT2D eigenvalue weighted by Crippen LogP contribution is -1.87. The van der Waals surface area contributed by atoms with E-state index in [1.165, 1.54) is 30.3 Å². The Balaban J connectivity index is 2.61. The van der Waals surface area contributed by atoms with E-state index in [2.05, 4.69) is 0 Å². The molecule has 0 radical (unpaired) electrons. The summed E-state index contributed by atoms with van der Waals surface area (Å²) < 4.78 is 50.8. The predicted molar refractivity (Wildman–Crippen MR) is 62.0 cm³/mol. The van der Waals surface area contributed by atoms with E-state index < -0.39 is 17.7 Å². The van der Waals surface area contributed by atoms with Crippen LogP contribution in [0, 0.1) is 11.6 Å². The molecule has 0 saturated carbocycles. The molecule has 0 atom stereocenters. The van der Waals surface area contributed by atoms with E-state index in [0.717, 1.165) is 12.1 Å². The van der Waals surface area contributed by atoms with Crippen molar-refractivity contribution in [2.24, 2.45) is 0 Å². The molecule has 0 fully saturated rings. The number of halogens is 4. The molecule has 2 aromatic carbocycles.